The van der Waals surface area contributed by atoms with Gasteiger partial charge in [0.1, 0.15) is 0 Å². The van der Waals surface area contributed by atoms with Crippen LogP contribution in [0.1, 0.15) is 57.8 Å². The van der Waals surface area contributed by atoms with Gasteiger partial charge in [-0.15, -0.1) is 0 Å². The molecule has 16 heavy (non-hydrogen) atoms. The first kappa shape index (κ1) is 11.9. The van der Waals surface area contributed by atoms with Crippen molar-refractivity contribution in [3.63, 3.8) is 0 Å². The maximum absolute atomic E-state index is 6.19. The van der Waals surface area contributed by atoms with Gasteiger partial charge in [0.25, 0.3) is 0 Å². The van der Waals surface area contributed by atoms with E-state index in [0.717, 1.165) is 12.3 Å². The van der Waals surface area contributed by atoms with Crippen LogP contribution in [0.4, 0.5) is 0 Å². The first-order valence-electron chi connectivity index (χ1n) is 6.83. The Morgan fingerprint density at radius 2 is 1.81 bits per heavy atom. The highest BCUT2D eigenvalue weighted by Gasteiger charge is 2.25. The normalized spacial score (nSPS) is 36.6. The molecule has 1 heterocycles. The molecule has 0 radical (unpaired) electrons. The molecule has 1 fully saturated rings. The second-order valence-corrected chi connectivity index (χ2v) is 5.46. The van der Waals surface area contributed by atoms with Crippen molar-refractivity contribution in [2.24, 2.45) is 22.4 Å². The zero-order chi connectivity index (χ0) is 11.4. The van der Waals surface area contributed by atoms with E-state index in [1.165, 1.54) is 51.4 Å². The predicted molar refractivity (Wildman–Crippen MR) is 68.4 cm³/mol. The van der Waals surface area contributed by atoms with Gasteiger partial charge in [-0.3, -0.25) is 4.99 Å². The number of nitrogens with zero attached hydrogens (tertiary/aromatic N) is 1. The molecule has 1 aliphatic carbocycles. The van der Waals surface area contributed by atoms with Crippen molar-refractivity contribution < 1.29 is 0 Å². The lowest BCUT2D eigenvalue weighted by atomic mass is 9.80. The van der Waals surface area contributed by atoms with Crippen LogP contribution in [0.3, 0.4) is 0 Å². The van der Waals surface area contributed by atoms with Crippen molar-refractivity contribution in [1.82, 2.24) is 0 Å². The van der Waals surface area contributed by atoms with Gasteiger partial charge in [0.2, 0.25) is 0 Å². The van der Waals surface area contributed by atoms with Crippen LogP contribution in [0, 0.1) is 5.92 Å². The number of nitrogens with two attached hydrogens (primary N) is 2. The average molecular weight is 223 g/mol. The molecule has 0 saturated heterocycles. The number of hydrogen-bond donors (Lipinski definition) is 2. The van der Waals surface area contributed by atoms with Crippen LogP contribution in [0.25, 0.3) is 0 Å². The van der Waals surface area contributed by atoms with Crippen molar-refractivity contribution in [2.75, 3.05) is 0 Å². The van der Waals surface area contributed by atoms with E-state index in [-0.39, 0.29) is 0 Å². The third kappa shape index (κ3) is 3.21. The molecule has 4 N–H and O–H groups in total. The Balaban J connectivity index is 1.89. The minimum atomic E-state index is 0.411. The molecule has 3 atom stereocenters. The Morgan fingerprint density at radius 3 is 2.62 bits per heavy atom. The maximum atomic E-state index is 6.19. The molecule has 3 nitrogen and oxygen atoms in total. The molecule has 3 unspecified atom stereocenters. The SMILES string of the molecule is NC1=NC(CC2CCCCC2N)CCCC1. The van der Waals surface area contributed by atoms with Crippen LogP contribution < -0.4 is 11.5 Å². The summed E-state index contributed by atoms with van der Waals surface area (Å²) in [7, 11) is 0. The van der Waals surface area contributed by atoms with Gasteiger partial charge in [-0.2, -0.15) is 0 Å². The summed E-state index contributed by atoms with van der Waals surface area (Å²) in [6.07, 6.45) is 11.0. The molecule has 0 spiro atoms. The summed E-state index contributed by atoms with van der Waals surface area (Å²) < 4.78 is 0. The lowest BCUT2D eigenvalue weighted by Crippen LogP contribution is -2.35. The molecule has 0 aromatic rings. The molecular formula is C13H25N3. The molecular weight excluding hydrogens is 198 g/mol. The van der Waals surface area contributed by atoms with E-state index >= 15 is 0 Å². The zero-order valence-corrected chi connectivity index (χ0v) is 10.2. The quantitative estimate of drug-likeness (QED) is 0.753. The highest BCUT2D eigenvalue weighted by Crippen LogP contribution is 2.29. The molecule has 2 aliphatic rings. The number of aliphatic imine (C=N–C) groups is 1. The van der Waals surface area contributed by atoms with Crippen LogP contribution in [-0.4, -0.2) is 17.9 Å². The Hall–Kier alpha value is -0.570. The Kier molecular flexibility index (Phi) is 4.22. The number of hydrogen-bond acceptors (Lipinski definition) is 3. The van der Waals surface area contributed by atoms with E-state index in [2.05, 4.69) is 4.99 Å². The van der Waals surface area contributed by atoms with Crippen LogP contribution in [-0.2, 0) is 0 Å². The van der Waals surface area contributed by atoms with Gasteiger partial charge in [0.05, 0.1) is 11.9 Å². The molecule has 3 heteroatoms. The van der Waals surface area contributed by atoms with Gasteiger partial charge in [-0.25, -0.2) is 0 Å². The number of amidine groups is 1. The minimum Gasteiger partial charge on any atom is -0.387 e. The molecule has 0 aromatic heterocycles. The van der Waals surface area contributed by atoms with Crippen molar-refractivity contribution in [3.05, 3.63) is 0 Å². The monoisotopic (exact) mass is 223 g/mol. The molecule has 2 rings (SSSR count). The summed E-state index contributed by atoms with van der Waals surface area (Å²) in [4.78, 5) is 4.64. The highest BCUT2D eigenvalue weighted by atomic mass is 14.9. The maximum Gasteiger partial charge on any atom is 0.0940 e. The average Bonchev–Trinajstić information content (AvgIpc) is 2.46. The standard InChI is InChI=1S/C13H25N3/c14-12-7-3-1-5-10(12)9-11-6-2-4-8-13(15)16-11/h10-12H,1-9,14H2,(H2,15,16). The van der Waals surface area contributed by atoms with Crippen LogP contribution in [0.15, 0.2) is 4.99 Å². The van der Waals surface area contributed by atoms with Crippen LogP contribution in [0.5, 0.6) is 0 Å². The van der Waals surface area contributed by atoms with Gasteiger partial charge < -0.3 is 11.5 Å². The molecule has 92 valence electrons. The summed E-state index contributed by atoms with van der Waals surface area (Å²) >= 11 is 0. The third-order valence-electron chi connectivity index (χ3n) is 4.11. The van der Waals surface area contributed by atoms with E-state index in [1.807, 2.05) is 0 Å². The fourth-order valence-electron chi connectivity index (χ4n) is 3.10. The van der Waals surface area contributed by atoms with Gasteiger partial charge in [0.15, 0.2) is 0 Å². The molecule has 1 aliphatic heterocycles. The molecule has 0 bridgehead atoms. The Bertz CT molecular complexity index is 250. The topological polar surface area (TPSA) is 64.4 Å². The fraction of sp³-hybridized carbons (Fsp3) is 0.923. The van der Waals surface area contributed by atoms with Gasteiger partial charge in [0, 0.05) is 12.5 Å². The van der Waals surface area contributed by atoms with E-state index in [0.29, 0.717) is 18.0 Å². The van der Waals surface area contributed by atoms with Gasteiger partial charge in [-0.1, -0.05) is 19.3 Å². The largest absolute Gasteiger partial charge is 0.387 e. The third-order valence-corrected chi connectivity index (χ3v) is 4.11. The summed E-state index contributed by atoms with van der Waals surface area (Å²) in [6, 6.07) is 0.866. The molecule has 1 saturated carbocycles. The smallest absolute Gasteiger partial charge is 0.0940 e. The van der Waals surface area contributed by atoms with Crippen LogP contribution >= 0.6 is 0 Å². The molecule has 0 aromatic carbocycles. The second-order valence-electron chi connectivity index (χ2n) is 5.46. The summed E-state index contributed by atoms with van der Waals surface area (Å²) in [5, 5.41) is 0. The van der Waals surface area contributed by atoms with Crippen molar-refractivity contribution in [3.8, 4) is 0 Å². The zero-order valence-electron chi connectivity index (χ0n) is 10.2. The second kappa shape index (κ2) is 5.67. The van der Waals surface area contributed by atoms with Crippen LogP contribution in [0.2, 0.25) is 0 Å². The summed E-state index contributed by atoms with van der Waals surface area (Å²) in [5.41, 5.74) is 12.1. The van der Waals surface area contributed by atoms with Gasteiger partial charge in [-0.05, 0) is 38.0 Å². The Labute approximate surface area is 98.7 Å². The predicted octanol–water partition coefficient (Wildman–Crippen LogP) is 2.19. The minimum absolute atomic E-state index is 0.411. The van der Waals surface area contributed by atoms with E-state index in [4.69, 9.17) is 11.5 Å². The van der Waals surface area contributed by atoms with Crippen molar-refractivity contribution in [2.45, 2.75) is 69.9 Å². The summed E-state index contributed by atoms with van der Waals surface area (Å²) in [6.45, 7) is 0. The molecule has 0 amide bonds. The number of rotatable bonds is 2. The first-order valence-corrected chi connectivity index (χ1v) is 6.83. The van der Waals surface area contributed by atoms with E-state index in [1.54, 1.807) is 0 Å². The van der Waals surface area contributed by atoms with Gasteiger partial charge >= 0.3 is 0 Å². The van der Waals surface area contributed by atoms with E-state index in [9.17, 15) is 0 Å². The van der Waals surface area contributed by atoms with Crippen molar-refractivity contribution in [1.29, 1.82) is 0 Å². The fourth-order valence-corrected chi connectivity index (χ4v) is 3.10. The first-order chi connectivity index (χ1) is 7.75. The lowest BCUT2D eigenvalue weighted by Gasteiger charge is -2.30. The Morgan fingerprint density at radius 1 is 1.06 bits per heavy atom. The van der Waals surface area contributed by atoms with E-state index < -0.39 is 0 Å². The summed E-state index contributed by atoms with van der Waals surface area (Å²) in [5.74, 6) is 1.56. The lowest BCUT2D eigenvalue weighted by molar-refractivity contribution is 0.272. The van der Waals surface area contributed by atoms with Crippen molar-refractivity contribution >= 4 is 5.84 Å². The highest BCUT2D eigenvalue weighted by molar-refractivity contribution is 5.80.